The summed E-state index contributed by atoms with van der Waals surface area (Å²) in [4.78, 5) is 29.0. The van der Waals surface area contributed by atoms with Crippen LogP contribution in [-0.4, -0.2) is 43.8 Å². The number of halogens is 5. The number of carbonyl (C=O) groups is 2. The number of alkyl halides is 3. The lowest BCUT2D eigenvalue weighted by atomic mass is 9.95. The average Bonchev–Trinajstić information content (AvgIpc) is 3.01. The molecule has 1 aliphatic rings. The Labute approximate surface area is 277 Å². The number of hydrogen-bond donors (Lipinski definition) is 1. The number of sulfonamides is 1. The van der Waals surface area contributed by atoms with E-state index in [4.69, 9.17) is 23.2 Å². The highest BCUT2D eigenvalue weighted by Gasteiger charge is 2.36. The van der Waals surface area contributed by atoms with Gasteiger partial charge in [0.1, 0.15) is 12.6 Å². The quantitative estimate of drug-likeness (QED) is 0.222. The van der Waals surface area contributed by atoms with Gasteiger partial charge in [-0.1, -0.05) is 79.2 Å². The fourth-order valence-electron chi connectivity index (χ4n) is 5.50. The molecule has 1 N–H and O–H groups in total. The summed E-state index contributed by atoms with van der Waals surface area (Å²) >= 11 is 12.5. The summed E-state index contributed by atoms with van der Waals surface area (Å²) < 4.78 is 69.8. The van der Waals surface area contributed by atoms with Gasteiger partial charge in [0.25, 0.3) is 10.0 Å². The minimum Gasteiger partial charge on any atom is -0.352 e. The van der Waals surface area contributed by atoms with E-state index >= 15 is 0 Å². The molecule has 1 saturated carbocycles. The van der Waals surface area contributed by atoms with Gasteiger partial charge in [0.05, 0.1) is 16.1 Å². The standard InChI is InChI=1S/C33H36Cl2F3N3O4S/c1-3-30(32(43)39-26-9-5-4-6-10-26)40(20-23-14-15-25(34)19-29(23)35)31(42)21-41(27-11-7-8-24(18-27)33(36,37)38)46(44,45)28-16-12-22(2)13-17-28/h7-8,11-19,26,30H,3-6,9-10,20-21H2,1-2H3,(H,39,43)/t30-/m0/s1. The normalized spacial score (nSPS) is 14.8. The third kappa shape index (κ3) is 8.74. The molecule has 0 spiro atoms. The maximum absolute atomic E-state index is 14.3. The highest BCUT2D eigenvalue weighted by molar-refractivity contribution is 7.92. The van der Waals surface area contributed by atoms with E-state index in [0.29, 0.717) is 21.0 Å². The van der Waals surface area contributed by atoms with E-state index in [1.165, 1.54) is 29.2 Å². The van der Waals surface area contributed by atoms with Crippen molar-refractivity contribution in [2.75, 3.05) is 10.8 Å². The molecular formula is C33H36Cl2F3N3O4S. The van der Waals surface area contributed by atoms with E-state index in [9.17, 15) is 31.2 Å². The second-order valence-corrected chi connectivity index (χ2v) is 14.1. The molecule has 0 heterocycles. The molecule has 0 bridgehead atoms. The van der Waals surface area contributed by atoms with Crippen molar-refractivity contribution >= 4 is 50.7 Å². The van der Waals surface area contributed by atoms with Crippen LogP contribution in [0.2, 0.25) is 10.0 Å². The molecule has 1 fully saturated rings. The van der Waals surface area contributed by atoms with Crippen LogP contribution in [0.3, 0.4) is 0 Å². The maximum Gasteiger partial charge on any atom is 0.416 e. The summed E-state index contributed by atoms with van der Waals surface area (Å²) in [6.45, 7) is 2.43. The van der Waals surface area contributed by atoms with Crippen molar-refractivity contribution in [3.8, 4) is 0 Å². The summed E-state index contributed by atoms with van der Waals surface area (Å²) in [5.74, 6) is -1.20. The molecule has 0 unspecified atom stereocenters. The third-order valence-electron chi connectivity index (χ3n) is 8.04. The molecular weight excluding hydrogens is 662 g/mol. The van der Waals surface area contributed by atoms with Gasteiger partial charge in [-0.25, -0.2) is 8.42 Å². The van der Waals surface area contributed by atoms with Crippen molar-refractivity contribution in [1.82, 2.24) is 10.2 Å². The molecule has 13 heteroatoms. The van der Waals surface area contributed by atoms with E-state index in [-0.39, 0.29) is 34.6 Å². The summed E-state index contributed by atoms with van der Waals surface area (Å²) in [7, 11) is -4.55. The molecule has 3 aromatic rings. The lowest BCUT2D eigenvalue weighted by molar-refractivity contribution is -0.140. The largest absolute Gasteiger partial charge is 0.416 e. The molecule has 0 radical (unpaired) electrons. The number of nitrogens with one attached hydrogen (secondary N) is 1. The van der Waals surface area contributed by atoms with Crippen LogP contribution in [0.15, 0.2) is 71.6 Å². The van der Waals surface area contributed by atoms with E-state index in [1.807, 2.05) is 0 Å². The number of aryl methyl sites for hydroxylation is 1. The molecule has 4 rings (SSSR count). The molecule has 248 valence electrons. The van der Waals surface area contributed by atoms with Gasteiger partial charge >= 0.3 is 6.18 Å². The first-order valence-corrected chi connectivity index (χ1v) is 17.2. The molecule has 46 heavy (non-hydrogen) atoms. The minimum atomic E-state index is -4.76. The highest BCUT2D eigenvalue weighted by Crippen LogP contribution is 2.34. The second kappa shape index (κ2) is 15.1. The first kappa shape index (κ1) is 35.6. The van der Waals surface area contributed by atoms with Gasteiger partial charge in [-0.15, -0.1) is 0 Å². The van der Waals surface area contributed by atoms with Crippen molar-refractivity contribution in [3.05, 3.63) is 93.5 Å². The molecule has 0 aliphatic heterocycles. The zero-order valence-corrected chi connectivity index (χ0v) is 27.8. The van der Waals surface area contributed by atoms with Crippen molar-refractivity contribution < 1.29 is 31.2 Å². The third-order valence-corrected chi connectivity index (χ3v) is 10.4. The molecule has 1 atom stereocenters. The number of amides is 2. The summed E-state index contributed by atoms with van der Waals surface area (Å²) in [5, 5.41) is 3.63. The van der Waals surface area contributed by atoms with Gasteiger partial charge in [-0.2, -0.15) is 13.2 Å². The predicted octanol–water partition coefficient (Wildman–Crippen LogP) is 7.77. The monoisotopic (exact) mass is 697 g/mol. The number of anilines is 1. The van der Waals surface area contributed by atoms with E-state index < -0.39 is 46.2 Å². The van der Waals surface area contributed by atoms with Gasteiger partial charge in [0.15, 0.2) is 0 Å². The zero-order chi connectivity index (χ0) is 33.6. The highest BCUT2D eigenvalue weighted by atomic mass is 35.5. The smallest absolute Gasteiger partial charge is 0.352 e. The molecule has 1 aliphatic carbocycles. The van der Waals surface area contributed by atoms with Crippen LogP contribution >= 0.6 is 23.2 Å². The number of rotatable bonds is 11. The fraction of sp³-hybridized carbons (Fsp3) is 0.394. The lowest BCUT2D eigenvalue weighted by Gasteiger charge is -2.34. The topological polar surface area (TPSA) is 86.8 Å². The van der Waals surface area contributed by atoms with E-state index in [1.54, 1.807) is 38.1 Å². The molecule has 2 amide bonds. The molecule has 3 aromatic carbocycles. The first-order valence-electron chi connectivity index (χ1n) is 15.0. The van der Waals surface area contributed by atoms with Crippen molar-refractivity contribution in [2.24, 2.45) is 0 Å². The Bertz CT molecular complexity index is 1650. The van der Waals surface area contributed by atoms with Crippen LogP contribution in [0.4, 0.5) is 18.9 Å². The van der Waals surface area contributed by atoms with Crippen LogP contribution in [0.5, 0.6) is 0 Å². The molecule has 0 aromatic heterocycles. The fourth-order valence-corrected chi connectivity index (χ4v) is 7.38. The van der Waals surface area contributed by atoms with Gasteiger partial charge in [-0.3, -0.25) is 13.9 Å². The lowest BCUT2D eigenvalue weighted by Crippen LogP contribution is -2.54. The van der Waals surface area contributed by atoms with Crippen molar-refractivity contribution in [2.45, 2.75) is 82.1 Å². The van der Waals surface area contributed by atoms with Crippen LogP contribution in [0.25, 0.3) is 0 Å². The van der Waals surface area contributed by atoms with Crippen LogP contribution < -0.4 is 9.62 Å². The summed E-state index contributed by atoms with van der Waals surface area (Å²) in [6, 6.07) is 13.1. The number of carbonyl (C=O) groups excluding carboxylic acids is 2. The Balaban J connectivity index is 1.77. The Kier molecular flexibility index (Phi) is 11.7. The molecule has 7 nitrogen and oxygen atoms in total. The SMILES string of the molecule is CC[C@@H](C(=O)NC1CCCCC1)N(Cc1ccc(Cl)cc1Cl)C(=O)CN(c1cccc(C(F)(F)F)c1)S(=O)(=O)c1ccc(C)cc1. The number of nitrogens with zero attached hydrogens (tertiary/aromatic N) is 2. The Morgan fingerprint density at radius 2 is 1.65 bits per heavy atom. The van der Waals surface area contributed by atoms with Gasteiger partial charge < -0.3 is 10.2 Å². The Morgan fingerprint density at radius 1 is 0.978 bits per heavy atom. The van der Waals surface area contributed by atoms with Gasteiger partial charge in [-0.05, 0) is 74.2 Å². The van der Waals surface area contributed by atoms with Crippen LogP contribution in [0.1, 0.15) is 62.1 Å². The van der Waals surface area contributed by atoms with E-state index in [2.05, 4.69) is 5.32 Å². The molecule has 0 saturated heterocycles. The first-order chi connectivity index (χ1) is 21.7. The Hall–Kier alpha value is -3.28. The van der Waals surface area contributed by atoms with Gasteiger partial charge in [0.2, 0.25) is 11.8 Å². The Morgan fingerprint density at radius 3 is 2.26 bits per heavy atom. The van der Waals surface area contributed by atoms with Crippen molar-refractivity contribution in [3.63, 3.8) is 0 Å². The van der Waals surface area contributed by atoms with Crippen molar-refractivity contribution in [1.29, 1.82) is 0 Å². The second-order valence-electron chi connectivity index (χ2n) is 11.4. The minimum absolute atomic E-state index is 0.0603. The number of hydrogen-bond acceptors (Lipinski definition) is 4. The summed E-state index contributed by atoms with van der Waals surface area (Å²) in [6.07, 6.45) is 0.0325. The number of benzene rings is 3. The summed E-state index contributed by atoms with van der Waals surface area (Å²) in [5.41, 5.74) is -0.214. The maximum atomic E-state index is 14.3. The van der Waals surface area contributed by atoms with Crippen LogP contribution in [0, 0.1) is 6.92 Å². The zero-order valence-electron chi connectivity index (χ0n) is 25.5. The predicted molar refractivity (Wildman–Crippen MR) is 173 cm³/mol. The van der Waals surface area contributed by atoms with E-state index in [0.717, 1.165) is 49.8 Å². The average molecular weight is 699 g/mol. The van der Waals surface area contributed by atoms with Crippen LogP contribution in [-0.2, 0) is 32.3 Å². The van der Waals surface area contributed by atoms with Gasteiger partial charge in [0, 0.05) is 22.6 Å².